The Hall–Kier alpha value is -2.04. The third-order valence-electron chi connectivity index (χ3n) is 4.78. The molecule has 28 heavy (non-hydrogen) atoms. The van der Waals surface area contributed by atoms with Gasteiger partial charge < -0.3 is 16.0 Å². The van der Waals surface area contributed by atoms with Gasteiger partial charge in [0.15, 0.2) is 0 Å². The standard InChI is InChI=1S/C18H25N5O3S2/c1-11-7-12(2)18-21-15(13(3)23-24)5-4-6-19-10-28(25,26)16-8-14(9-27-16)20-17(11)22-18/h7-9,13,15,19H,4-6,10H2,1-3H3,(H2,20,21,22). The van der Waals surface area contributed by atoms with E-state index < -0.39 is 15.9 Å². The topological polar surface area (TPSA) is 113 Å². The van der Waals surface area contributed by atoms with E-state index in [4.69, 9.17) is 4.98 Å². The van der Waals surface area contributed by atoms with Gasteiger partial charge in [-0.05, 0) is 63.4 Å². The number of aromatic nitrogens is 1. The van der Waals surface area contributed by atoms with Crippen LogP contribution in [0.4, 0.5) is 17.3 Å². The first-order chi connectivity index (χ1) is 13.3. The van der Waals surface area contributed by atoms with Crippen molar-refractivity contribution in [2.75, 3.05) is 23.1 Å². The zero-order valence-corrected chi connectivity index (χ0v) is 17.8. The summed E-state index contributed by atoms with van der Waals surface area (Å²) in [5, 5.41) is 14.5. The largest absolute Gasteiger partial charge is 0.365 e. The van der Waals surface area contributed by atoms with E-state index >= 15 is 0 Å². The van der Waals surface area contributed by atoms with Crippen LogP contribution in [-0.2, 0) is 9.84 Å². The van der Waals surface area contributed by atoms with E-state index in [0.29, 0.717) is 40.9 Å². The predicted molar refractivity (Wildman–Crippen MR) is 113 cm³/mol. The Kier molecular flexibility index (Phi) is 6.31. The molecule has 3 rings (SSSR count). The summed E-state index contributed by atoms with van der Waals surface area (Å²) in [5.74, 6) is 1.23. The average Bonchev–Trinajstić information content (AvgIpc) is 3.12. The fraction of sp³-hybridized carbons (Fsp3) is 0.500. The molecule has 0 amide bonds. The van der Waals surface area contributed by atoms with Gasteiger partial charge in [-0.15, -0.1) is 11.3 Å². The summed E-state index contributed by atoms with van der Waals surface area (Å²) < 4.78 is 25.3. The van der Waals surface area contributed by atoms with Crippen LogP contribution in [0.25, 0.3) is 0 Å². The number of nitrogens with zero attached hydrogens (tertiary/aromatic N) is 2. The van der Waals surface area contributed by atoms with E-state index in [2.05, 4.69) is 21.1 Å². The van der Waals surface area contributed by atoms with Gasteiger partial charge in [0, 0.05) is 5.38 Å². The van der Waals surface area contributed by atoms with Crippen LogP contribution in [0.1, 0.15) is 30.9 Å². The van der Waals surface area contributed by atoms with Crippen molar-refractivity contribution in [2.45, 2.75) is 49.9 Å². The van der Waals surface area contributed by atoms with Gasteiger partial charge in [0.05, 0.1) is 11.7 Å². The van der Waals surface area contributed by atoms with Crippen LogP contribution >= 0.6 is 11.3 Å². The summed E-state index contributed by atoms with van der Waals surface area (Å²) in [6, 6.07) is 3.03. The molecular formula is C18H25N5O3S2. The lowest BCUT2D eigenvalue weighted by Gasteiger charge is -2.23. The van der Waals surface area contributed by atoms with Crippen molar-refractivity contribution in [1.82, 2.24) is 10.3 Å². The predicted octanol–water partition coefficient (Wildman–Crippen LogP) is 3.55. The second-order valence-electron chi connectivity index (χ2n) is 7.10. The van der Waals surface area contributed by atoms with Crippen molar-refractivity contribution < 1.29 is 8.42 Å². The monoisotopic (exact) mass is 423 g/mol. The number of anilines is 3. The van der Waals surface area contributed by atoms with Crippen LogP contribution in [0.5, 0.6) is 0 Å². The second-order valence-corrected chi connectivity index (χ2v) is 10.2. The van der Waals surface area contributed by atoms with E-state index in [9.17, 15) is 13.3 Å². The number of thiophene rings is 1. The number of nitroso groups, excluding NO2 is 1. The lowest BCUT2D eigenvalue weighted by Crippen LogP contribution is -2.32. The maximum absolute atomic E-state index is 12.5. The Balaban J connectivity index is 2.00. The Labute approximate surface area is 169 Å². The van der Waals surface area contributed by atoms with E-state index in [1.165, 1.54) is 11.3 Å². The number of fused-ring (bicyclic) bond motifs is 4. The molecule has 0 saturated carbocycles. The van der Waals surface area contributed by atoms with Crippen molar-refractivity contribution >= 4 is 38.5 Å². The molecule has 0 fully saturated rings. The summed E-state index contributed by atoms with van der Waals surface area (Å²) >= 11 is 1.19. The van der Waals surface area contributed by atoms with Crippen molar-refractivity contribution in [3.63, 3.8) is 0 Å². The van der Waals surface area contributed by atoms with E-state index in [1.807, 2.05) is 19.9 Å². The van der Waals surface area contributed by atoms with Gasteiger partial charge >= 0.3 is 0 Å². The first-order valence-corrected chi connectivity index (χ1v) is 11.7. The molecule has 2 aromatic heterocycles. The van der Waals surface area contributed by atoms with Gasteiger partial charge in [0.1, 0.15) is 27.8 Å². The summed E-state index contributed by atoms with van der Waals surface area (Å²) in [6.45, 7) is 6.21. The highest BCUT2D eigenvalue weighted by atomic mass is 32.2. The third kappa shape index (κ3) is 4.68. The molecule has 0 radical (unpaired) electrons. The Morgan fingerprint density at radius 2 is 2.00 bits per heavy atom. The first kappa shape index (κ1) is 20.7. The van der Waals surface area contributed by atoms with Gasteiger partial charge in [-0.2, -0.15) is 4.91 Å². The molecule has 3 heterocycles. The van der Waals surface area contributed by atoms with E-state index in [1.54, 1.807) is 18.4 Å². The SMILES string of the molecule is Cc1cc(C)c2nc1Nc1csc(c1)S(=O)(=O)CNCCCC(C(C)N=O)N2. The molecule has 0 saturated heterocycles. The molecule has 0 spiro atoms. The Morgan fingerprint density at radius 1 is 1.25 bits per heavy atom. The number of hydrogen-bond donors (Lipinski definition) is 3. The molecule has 2 aromatic rings. The molecule has 0 aromatic carbocycles. The molecule has 152 valence electrons. The lowest BCUT2D eigenvalue weighted by atomic mass is 10.0. The van der Waals surface area contributed by atoms with Gasteiger partial charge in [0.2, 0.25) is 9.84 Å². The third-order valence-corrected chi connectivity index (χ3v) is 7.87. The van der Waals surface area contributed by atoms with Gasteiger partial charge in [-0.1, -0.05) is 5.18 Å². The van der Waals surface area contributed by atoms with Crippen molar-refractivity contribution in [3.8, 4) is 0 Å². The molecule has 10 heteroatoms. The van der Waals surface area contributed by atoms with Crippen LogP contribution < -0.4 is 16.0 Å². The summed E-state index contributed by atoms with van der Waals surface area (Å²) in [4.78, 5) is 15.8. The number of aryl methyl sites for hydroxylation is 2. The van der Waals surface area contributed by atoms with E-state index in [0.717, 1.165) is 11.1 Å². The van der Waals surface area contributed by atoms with Crippen LogP contribution in [-0.4, -0.2) is 37.9 Å². The summed E-state index contributed by atoms with van der Waals surface area (Å²) in [7, 11) is -3.39. The molecule has 2 atom stereocenters. The van der Waals surface area contributed by atoms with E-state index in [-0.39, 0.29) is 11.9 Å². The van der Waals surface area contributed by atoms with Crippen LogP contribution in [0.3, 0.4) is 0 Å². The first-order valence-electron chi connectivity index (χ1n) is 9.16. The maximum atomic E-state index is 12.5. The lowest BCUT2D eigenvalue weighted by molar-refractivity contribution is 0.521. The minimum atomic E-state index is -3.39. The smallest absolute Gasteiger partial charge is 0.200 e. The maximum Gasteiger partial charge on any atom is 0.200 e. The highest BCUT2D eigenvalue weighted by Crippen LogP contribution is 2.30. The van der Waals surface area contributed by atoms with Crippen molar-refractivity contribution in [2.24, 2.45) is 5.18 Å². The summed E-state index contributed by atoms with van der Waals surface area (Å²) in [6.07, 6.45) is 1.37. The molecule has 0 aliphatic carbocycles. The number of hydrogen-bond acceptors (Lipinski definition) is 9. The second kappa shape index (κ2) is 8.54. The minimum absolute atomic E-state index is 0.114. The van der Waals surface area contributed by atoms with Gasteiger partial charge in [-0.3, -0.25) is 0 Å². The van der Waals surface area contributed by atoms with Gasteiger partial charge in [0.25, 0.3) is 0 Å². The normalized spacial score (nSPS) is 20.8. The Bertz CT molecular complexity index is 958. The fourth-order valence-corrected chi connectivity index (χ4v) is 5.45. The number of pyridine rings is 1. The number of rotatable bonds is 2. The van der Waals surface area contributed by atoms with Crippen LogP contribution in [0, 0.1) is 18.8 Å². The van der Waals surface area contributed by atoms with Crippen molar-refractivity contribution in [1.29, 1.82) is 0 Å². The molecule has 1 aliphatic heterocycles. The summed E-state index contributed by atoms with van der Waals surface area (Å²) in [5.41, 5.74) is 2.60. The van der Waals surface area contributed by atoms with Crippen LogP contribution in [0.15, 0.2) is 26.9 Å². The molecular weight excluding hydrogens is 398 g/mol. The number of sulfone groups is 1. The fourth-order valence-electron chi connectivity index (χ4n) is 3.11. The molecule has 1 aliphatic rings. The minimum Gasteiger partial charge on any atom is -0.365 e. The Morgan fingerprint density at radius 3 is 2.75 bits per heavy atom. The molecule has 2 unspecified atom stereocenters. The van der Waals surface area contributed by atoms with Crippen LogP contribution in [0.2, 0.25) is 0 Å². The molecule has 3 N–H and O–H groups in total. The zero-order valence-electron chi connectivity index (χ0n) is 16.2. The average molecular weight is 424 g/mol. The zero-order chi connectivity index (χ0) is 20.3. The molecule has 8 nitrogen and oxygen atoms in total. The highest BCUT2D eigenvalue weighted by molar-refractivity contribution is 7.93. The highest BCUT2D eigenvalue weighted by Gasteiger charge is 2.21. The van der Waals surface area contributed by atoms with Crippen molar-refractivity contribution in [3.05, 3.63) is 33.5 Å². The molecule has 4 bridgehead atoms. The quantitative estimate of drug-likeness (QED) is 0.633. The number of nitrogens with one attached hydrogen (secondary N) is 3. The van der Waals surface area contributed by atoms with Gasteiger partial charge in [-0.25, -0.2) is 13.4 Å².